The van der Waals surface area contributed by atoms with E-state index in [0.717, 1.165) is 39.2 Å². The highest BCUT2D eigenvalue weighted by Crippen LogP contribution is 2.53. The van der Waals surface area contributed by atoms with Crippen LogP contribution in [0.5, 0.6) is 0 Å². The van der Waals surface area contributed by atoms with E-state index in [2.05, 4.69) is 126 Å². The molecule has 0 saturated heterocycles. The Labute approximate surface area is 249 Å². The molecule has 3 nitrogen and oxygen atoms in total. The van der Waals surface area contributed by atoms with Crippen LogP contribution in [0.3, 0.4) is 0 Å². The van der Waals surface area contributed by atoms with E-state index in [1.807, 2.05) is 30.3 Å². The molecule has 0 aliphatic carbocycles. The summed E-state index contributed by atoms with van der Waals surface area (Å²) in [4.78, 5) is 12.6. The van der Waals surface area contributed by atoms with Crippen LogP contribution in [0, 0.1) is 0 Å². The van der Waals surface area contributed by atoms with Crippen molar-refractivity contribution in [1.82, 2.24) is 9.97 Å². The Balaban J connectivity index is 1.26. The number of benzene rings is 7. The number of hydrogen-bond acceptors (Lipinski definition) is 3. The van der Waals surface area contributed by atoms with E-state index in [-0.39, 0.29) is 0 Å². The van der Waals surface area contributed by atoms with Gasteiger partial charge < -0.3 is 4.90 Å². The van der Waals surface area contributed by atoms with Crippen LogP contribution in [0.25, 0.3) is 66.2 Å². The molecule has 3 heteroatoms. The van der Waals surface area contributed by atoms with Gasteiger partial charge in [-0.15, -0.1) is 0 Å². The summed E-state index contributed by atoms with van der Waals surface area (Å²) in [6.45, 7) is 0. The summed E-state index contributed by atoms with van der Waals surface area (Å²) in [5, 5.41) is 4.99. The Kier molecular flexibility index (Phi) is 5.20. The van der Waals surface area contributed by atoms with E-state index in [0.29, 0.717) is 0 Å². The predicted molar refractivity (Wildman–Crippen MR) is 179 cm³/mol. The van der Waals surface area contributed by atoms with Crippen LogP contribution in [-0.2, 0) is 0 Å². The Bertz CT molecular complexity index is 2340. The largest absolute Gasteiger partial charge is 0.309 e. The lowest BCUT2D eigenvalue weighted by Gasteiger charge is -2.34. The minimum absolute atomic E-state index is 0.883. The Hall–Kier alpha value is -5.80. The quantitative estimate of drug-likeness (QED) is 0.220. The van der Waals surface area contributed by atoms with Crippen LogP contribution in [0.2, 0.25) is 0 Å². The topological polar surface area (TPSA) is 29.0 Å². The van der Waals surface area contributed by atoms with Gasteiger partial charge in [0.15, 0.2) is 0 Å². The average Bonchev–Trinajstić information content (AvgIpc) is 3.08. The van der Waals surface area contributed by atoms with Crippen molar-refractivity contribution in [3.8, 4) is 33.6 Å². The third-order valence-corrected chi connectivity index (χ3v) is 8.55. The zero-order valence-corrected chi connectivity index (χ0v) is 23.3. The molecule has 200 valence electrons. The summed E-state index contributed by atoms with van der Waals surface area (Å²) < 4.78 is 0. The Morgan fingerprint density at radius 2 is 1.05 bits per heavy atom. The first-order valence-electron chi connectivity index (χ1n) is 14.6. The Morgan fingerprint density at radius 1 is 0.419 bits per heavy atom. The molecule has 0 unspecified atom stereocenters. The second-order valence-corrected chi connectivity index (χ2v) is 11.0. The van der Waals surface area contributed by atoms with Gasteiger partial charge in [0.1, 0.15) is 0 Å². The molecule has 1 aromatic heterocycles. The van der Waals surface area contributed by atoms with Crippen molar-refractivity contribution in [2.24, 2.45) is 0 Å². The number of rotatable bonds is 3. The minimum atomic E-state index is 0.883. The SMILES string of the molecule is c1ccc(-c2nc3ccccc3nc2-c2ccc(N3c4c(ccc5ccccc45)-c4cccc5cccc3c45)cc2)cc1. The molecule has 7 aromatic carbocycles. The molecule has 0 amide bonds. The van der Waals surface area contributed by atoms with Gasteiger partial charge in [-0.3, -0.25) is 0 Å². The summed E-state index contributed by atoms with van der Waals surface area (Å²) >= 11 is 0. The van der Waals surface area contributed by atoms with Crippen LogP contribution < -0.4 is 4.90 Å². The van der Waals surface area contributed by atoms with Crippen LogP contribution in [0.1, 0.15) is 0 Å². The maximum atomic E-state index is 5.13. The summed E-state index contributed by atoms with van der Waals surface area (Å²) in [5.41, 5.74) is 11.7. The lowest BCUT2D eigenvalue weighted by Crippen LogP contribution is -2.15. The zero-order valence-electron chi connectivity index (χ0n) is 23.3. The van der Waals surface area contributed by atoms with Gasteiger partial charge in [0.05, 0.1) is 33.8 Å². The molecule has 1 aliphatic rings. The molecule has 0 radical (unpaired) electrons. The van der Waals surface area contributed by atoms with Crippen molar-refractivity contribution in [2.45, 2.75) is 0 Å². The van der Waals surface area contributed by atoms with E-state index in [1.54, 1.807) is 0 Å². The summed E-state index contributed by atoms with van der Waals surface area (Å²) in [6, 6.07) is 53.7. The van der Waals surface area contributed by atoms with Crippen molar-refractivity contribution >= 4 is 49.6 Å². The van der Waals surface area contributed by atoms with Gasteiger partial charge in [-0.25, -0.2) is 9.97 Å². The molecule has 0 N–H and O–H groups in total. The van der Waals surface area contributed by atoms with E-state index in [9.17, 15) is 0 Å². The van der Waals surface area contributed by atoms with Crippen molar-refractivity contribution in [2.75, 3.05) is 4.90 Å². The third kappa shape index (κ3) is 3.68. The first-order chi connectivity index (χ1) is 21.3. The fourth-order valence-corrected chi connectivity index (χ4v) is 6.60. The Morgan fingerprint density at radius 3 is 1.81 bits per heavy atom. The summed E-state index contributed by atoms with van der Waals surface area (Å²) in [5.74, 6) is 0. The highest BCUT2D eigenvalue weighted by molar-refractivity contribution is 6.18. The van der Waals surface area contributed by atoms with Gasteiger partial charge in [0, 0.05) is 33.2 Å². The highest BCUT2D eigenvalue weighted by atomic mass is 15.2. The molecular weight excluding hydrogens is 522 g/mol. The van der Waals surface area contributed by atoms with Crippen LogP contribution in [-0.4, -0.2) is 9.97 Å². The van der Waals surface area contributed by atoms with Gasteiger partial charge >= 0.3 is 0 Å². The molecule has 0 spiro atoms. The second kappa shape index (κ2) is 9.37. The minimum Gasteiger partial charge on any atom is -0.309 e. The summed E-state index contributed by atoms with van der Waals surface area (Å²) in [6.07, 6.45) is 0. The van der Waals surface area contributed by atoms with E-state index < -0.39 is 0 Å². The molecule has 8 aromatic rings. The molecule has 0 fully saturated rings. The smallest absolute Gasteiger partial charge is 0.0973 e. The van der Waals surface area contributed by atoms with Crippen molar-refractivity contribution < 1.29 is 0 Å². The molecular formula is C40H25N3. The van der Waals surface area contributed by atoms with E-state index in [1.165, 1.54) is 44.0 Å². The fourth-order valence-electron chi connectivity index (χ4n) is 6.60. The van der Waals surface area contributed by atoms with Crippen molar-refractivity contribution in [1.29, 1.82) is 0 Å². The standard InChI is InChI=1S/C40H25N3/c1-2-11-28(12-3-1)38-39(42-35-18-7-6-17-34(35)41-38)29-20-23-30(24-21-29)43-36-19-9-14-27-13-8-16-32(37(27)36)33-25-22-26-10-4-5-15-31(26)40(33)43/h1-25H. The van der Waals surface area contributed by atoms with E-state index in [4.69, 9.17) is 9.97 Å². The normalized spacial score (nSPS) is 12.1. The third-order valence-electron chi connectivity index (χ3n) is 8.55. The first kappa shape index (κ1) is 23.9. The maximum absolute atomic E-state index is 5.13. The molecule has 1 aliphatic heterocycles. The van der Waals surface area contributed by atoms with Crippen LogP contribution in [0.15, 0.2) is 152 Å². The number of para-hydroxylation sites is 2. The lowest BCUT2D eigenvalue weighted by atomic mass is 9.88. The molecule has 9 rings (SSSR count). The highest BCUT2D eigenvalue weighted by Gasteiger charge is 2.27. The van der Waals surface area contributed by atoms with Crippen LogP contribution in [0.4, 0.5) is 17.1 Å². The van der Waals surface area contributed by atoms with Crippen molar-refractivity contribution in [3.63, 3.8) is 0 Å². The number of anilines is 3. The van der Waals surface area contributed by atoms with Gasteiger partial charge in [-0.2, -0.15) is 0 Å². The lowest BCUT2D eigenvalue weighted by molar-refractivity contribution is 1.28. The van der Waals surface area contributed by atoms with Crippen LogP contribution >= 0.6 is 0 Å². The number of hydrogen-bond donors (Lipinski definition) is 0. The number of nitrogens with zero attached hydrogens (tertiary/aromatic N) is 3. The molecule has 0 atom stereocenters. The van der Waals surface area contributed by atoms with Gasteiger partial charge in [0.25, 0.3) is 0 Å². The zero-order chi connectivity index (χ0) is 28.3. The second-order valence-electron chi connectivity index (χ2n) is 11.0. The molecule has 0 saturated carbocycles. The predicted octanol–water partition coefficient (Wildman–Crippen LogP) is 10.7. The average molecular weight is 548 g/mol. The molecule has 2 heterocycles. The maximum Gasteiger partial charge on any atom is 0.0973 e. The number of aromatic nitrogens is 2. The first-order valence-corrected chi connectivity index (χ1v) is 14.6. The monoisotopic (exact) mass is 547 g/mol. The van der Waals surface area contributed by atoms with Gasteiger partial charge in [-0.1, -0.05) is 121 Å². The fraction of sp³-hybridized carbons (Fsp3) is 0. The van der Waals surface area contributed by atoms with Crippen molar-refractivity contribution in [3.05, 3.63) is 152 Å². The van der Waals surface area contributed by atoms with Gasteiger partial charge in [0.2, 0.25) is 0 Å². The van der Waals surface area contributed by atoms with Gasteiger partial charge in [-0.05, 0) is 46.7 Å². The summed E-state index contributed by atoms with van der Waals surface area (Å²) in [7, 11) is 0. The van der Waals surface area contributed by atoms with E-state index >= 15 is 0 Å². The molecule has 43 heavy (non-hydrogen) atoms. The number of fused-ring (bicyclic) bond motifs is 5. The molecule has 0 bridgehead atoms.